The van der Waals surface area contributed by atoms with Crippen LogP contribution < -0.4 is 0 Å². The maximum atomic E-state index is 9.01. The van der Waals surface area contributed by atoms with Gasteiger partial charge in [-0.2, -0.15) is 0 Å². The fourth-order valence-corrected chi connectivity index (χ4v) is 1.63. The predicted octanol–water partition coefficient (Wildman–Crippen LogP) is 2.13. The molecule has 0 saturated heterocycles. The summed E-state index contributed by atoms with van der Waals surface area (Å²) in [4.78, 5) is 4.02. The van der Waals surface area contributed by atoms with Gasteiger partial charge in [0, 0.05) is 6.20 Å². The van der Waals surface area contributed by atoms with Gasteiger partial charge in [-0.1, -0.05) is 23.2 Å². The Hall–Kier alpha value is -0.770. The Balaban J connectivity index is 2.86. The van der Waals surface area contributed by atoms with Crippen LogP contribution in [0.4, 0.5) is 0 Å². The van der Waals surface area contributed by atoms with E-state index < -0.39 is 0 Å². The van der Waals surface area contributed by atoms with Crippen molar-refractivity contribution in [2.45, 2.75) is 6.61 Å². The summed E-state index contributed by atoms with van der Waals surface area (Å²) in [6, 6.07) is 3.49. The number of hydrogen-bond acceptors (Lipinski definition) is 2. The highest BCUT2D eigenvalue weighted by Gasteiger charge is 2.10. The summed E-state index contributed by atoms with van der Waals surface area (Å²) in [6.45, 7) is -0.152. The van der Waals surface area contributed by atoms with Crippen LogP contribution in [-0.2, 0) is 6.61 Å². The van der Waals surface area contributed by atoms with Crippen LogP contribution in [0.1, 0.15) is 5.69 Å². The van der Waals surface area contributed by atoms with Gasteiger partial charge in [-0.05, 0) is 12.1 Å². The Kier molecular flexibility index (Phi) is 2.15. The van der Waals surface area contributed by atoms with Crippen molar-refractivity contribution in [3.8, 4) is 0 Å². The van der Waals surface area contributed by atoms with E-state index in [9.17, 15) is 0 Å². The fraction of sp³-hybridized carbons (Fsp3) is 0.125. The van der Waals surface area contributed by atoms with Gasteiger partial charge in [0.2, 0.25) is 0 Å². The van der Waals surface area contributed by atoms with E-state index in [2.05, 4.69) is 4.98 Å². The Morgan fingerprint density at radius 1 is 1.46 bits per heavy atom. The van der Waals surface area contributed by atoms with Gasteiger partial charge >= 0.3 is 0 Å². The second-order valence-corrected chi connectivity index (χ2v) is 3.32. The first-order chi connectivity index (χ1) is 6.24. The average molecular weight is 217 g/mol. The number of hydrogen-bond donors (Lipinski definition) is 1. The largest absolute Gasteiger partial charge is 0.390 e. The van der Waals surface area contributed by atoms with Crippen molar-refractivity contribution >= 4 is 28.8 Å². The molecule has 0 saturated carbocycles. The Labute approximate surface area is 84.5 Å². The predicted molar refractivity (Wildman–Crippen MR) is 51.1 cm³/mol. The quantitative estimate of drug-likeness (QED) is 0.794. The molecule has 2 rings (SSSR count). The molecule has 0 radical (unpaired) electrons. The zero-order valence-electron chi connectivity index (χ0n) is 6.54. The number of fused-ring (bicyclic) bond motifs is 1. The second-order valence-electron chi connectivity index (χ2n) is 2.56. The lowest BCUT2D eigenvalue weighted by molar-refractivity contribution is 0.276. The molecule has 3 nitrogen and oxygen atoms in total. The van der Waals surface area contributed by atoms with Crippen LogP contribution in [0.2, 0.25) is 10.2 Å². The molecule has 0 aromatic carbocycles. The molecule has 0 unspecified atom stereocenters. The number of rotatable bonds is 1. The lowest BCUT2D eigenvalue weighted by Crippen LogP contribution is -1.91. The minimum atomic E-state index is -0.152. The van der Waals surface area contributed by atoms with Crippen molar-refractivity contribution in [3.05, 3.63) is 34.2 Å². The average Bonchev–Trinajstić information content (AvgIpc) is 2.43. The van der Waals surface area contributed by atoms with E-state index in [0.29, 0.717) is 16.4 Å². The number of aliphatic hydroxyl groups is 1. The molecule has 0 aliphatic heterocycles. The van der Waals surface area contributed by atoms with Gasteiger partial charge in [-0.15, -0.1) is 0 Å². The number of nitrogens with zero attached hydrogens (tertiary/aromatic N) is 2. The van der Waals surface area contributed by atoms with Gasteiger partial charge < -0.3 is 5.11 Å². The normalized spacial score (nSPS) is 11.0. The molecule has 5 heteroatoms. The Morgan fingerprint density at radius 2 is 2.23 bits per heavy atom. The van der Waals surface area contributed by atoms with E-state index in [-0.39, 0.29) is 11.8 Å². The van der Waals surface area contributed by atoms with Gasteiger partial charge in [0.1, 0.15) is 0 Å². The van der Waals surface area contributed by atoms with Crippen molar-refractivity contribution in [1.29, 1.82) is 0 Å². The number of imidazole rings is 1. The fourth-order valence-electron chi connectivity index (χ4n) is 1.20. The first-order valence-electron chi connectivity index (χ1n) is 3.66. The molecule has 1 N–H and O–H groups in total. The molecule has 0 fully saturated rings. The van der Waals surface area contributed by atoms with Crippen LogP contribution in [0, 0.1) is 0 Å². The van der Waals surface area contributed by atoms with Gasteiger partial charge in [-0.25, -0.2) is 4.98 Å². The van der Waals surface area contributed by atoms with Crippen LogP contribution >= 0.6 is 23.2 Å². The van der Waals surface area contributed by atoms with E-state index in [1.807, 2.05) is 0 Å². The van der Waals surface area contributed by atoms with E-state index >= 15 is 0 Å². The van der Waals surface area contributed by atoms with E-state index in [1.54, 1.807) is 22.7 Å². The smallest absolute Gasteiger partial charge is 0.157 e. The van der Waals surface area contributed by atoms with Gasteiger partial charge in [0.15, 0.2) is 10.8 Å². The number of pyridine rings is 1. The number of aliphatic hydroxyl groups excluding tert-OH is 1. The van der Waals surface area contributed by atoms with E-state index in [0.717, 1.165) is 0 Å². The molecular weight excluding hydrogens is 211 g/mol. The molecule has 0 spiro atoms. The van der Waals surface area contributed by atoms with Crippen molar-refractivity contribution in [2.75, 3.05) is 0 Å². The monoisotopic (exact) mass is 216 g/mol. The molecule has 2 heterocycles. The molecule has 0 aliphatic rings. The molecule has 0 aliphatic carbocycles. The standard InChI is InChI=1S/C8H6Cl2N2O/c9-5-2-1-3-12-6(4-13)7(10)11-8(5)12/h1-3,13H,4H2. The zero-order chi connectivity index (χ0) is 9.42. The highest BCUT2D eigenvalue weighted by Crippen LogP contribution is 2.22. The molecule has 0 atom stereocenters. The molecule has 2 aromatic rings. The highest BCUT2D eigenvalue weighted by atomic mass is 35.5. The molecule has 13 heavy (non-hydrogen) atoms. The molecule has 0 bridgehead atoms. The van der Waals surface area contributed by atoms with Crippen molar-refractivity contribution < 1.29 is 5.11 Å². The summed E-state index contributed by atoms with van der Waals surface area (Å²) in [7, 11) is 0. The zero-order valence-corrected chi connectivity index (χ0v) is 8.05. The molecular formula is C8H6Cl2N2O. The van der Waals surface area contributed by atoms with Crippen molar-refractivity contribution in [1.82, 2.24) is 9.38 Å². The summed E-state index contributed by atoms with van der Waals surface area (Å²) >= 11 is 11.7. The van der Waals surface area contributed by atoms with Crippen LogP contribution in [0.15, 0.2) is 18.3 Å². The summed E-state index contributed by atoms with van der Waals surface area (Å²) in [5.41, 5.74) is 1.12. The summed E-state index contributed by atoms with van der Waals surface area (Å²) in [5, 5.41) is 9.81. The van der Waals surface area contributed by atoms with Gasteiger partial charge in [0.05, 0.1) is 17.3 Å². The lowest BCUT2D eigenvalue weighted by atomic mass is 10.4. The molecule has 2 aromatic heterocycles. The SMILES string of the molecule is OCc1c(Cl)nc2c(Cl)cccn12. The van der Waals surface area contributed by atoms with Crippen LogP contribution in [0.25, 0.3) is 5.65 Å². The maximum Gasteiger partial charge on any atom is 0.157 e. The summed E-state index contributed by atoms with van der Waals surface area (Å²) < 4.78 is 1.67. The highest BCUT2D eigenvalue weighted by molar-refractivity contribution is 6.34. The summed E-state index contributed by atoms with van der Waals surface area (Å²) in [5.74, 6) is 0. The molecule has 68 valence electrons. The van der Waals surface area contributed by atoms with Crippen LogP contribution in [-0.4, -0.2) is 14.5 Å². The Morgan fingerprint density at radius 3 is 2.92 bits per heavy atom. The first-order valence-corrected chi connectivity index (χ1v) is 4.41. The molecule has 0 amide bonds. The maximum absolute atomic E-state index is 9.01. The third kappa shape index (κ3) is 1.29. The number of halogens is 2. The second kappa shape index (κ2) is 3.18. The third-order valence-corrected chi connectivity index (χ3v) is 2.40. The van der Waals surface area contributed by atoms with E-state index in [1.165, 1.54) is 0 Å². The lowest BCUT2D eigenvalue weighted by Gasteiger charge is -1.97. The topological polar surface area (TPSA) is 37.5 Å². The van der Waals surface area contributed by atoms with Crippen molar-refractivity contribution in [2.24, 2.45) is 0 Å². The summed E-state index contributed by atoms with van der Waals surface area (Å²) in [6.07, 6.45) is 1.76. The van der Waals surface area contributed by atoms with Gasteiger partial charge in [-0.3, -0.25) is 4.40 Å². The Bertz CT molecular complexity index is 453. The third-order valence-electron chi connectivity index (χ3n) is 1.80. The first kappa shape index (κ1) is 8.81. The van der Waals surface area contributed by atoms with Crippen LogP contribution in [0.3, 0.4) is 0 Å². The van der Waals surface area contributed by atoms with Crippen molar-refractivity contribution in [3.63, 3.8) is 0 Å². The minimum absolute atomic E-state index is 0.152. The van der Waals surface area contributed by atoms with E-state index in [4.69, 9.17) is 28.3 Å². The number of aromatic nitrogens is 2. The van der Waals surface area contributed by atoms with Crippen LogP contribution in [0.5, 0.6) is 0 Å². The minimum Gasteiger partial charge on any atom is -0.390 e. The van der Waals surface area contributed by atoms with Gasteiger partial charge in [0.25, 0.3) is 0 Å².